The van der Waals surface area contributed by atoms with Crippen molar-refractivity contribution in [3.8, 4) is 5.75 Å². The van der Waals surface area contributed by atoms with Gasteiger partial charge in [-0.2, -0.15) is 0 Å². The molecule has 2 N–H and O–H groups in total. The standard InChI is InChI=1S/C17H18FNO4/c1-10(7-13(20)15-3-2-6-22-15)19-17(21)16-9-11-8-12(18)4-5-14(11)23-16/h2-6,8,10,13,16,20H,7,9H2,1H3,(H,19,21). The zero-order valence-corrected chi connectivity index (χ0v) is 12.7. The van der Waals surface area contributed by atoms with Crippen LogP contribution in [0.4, 0.5) is 4.39 Å². The normalized spacial score (nSPS) is 18.8. The molecule has 1 aliphatic rings. The molecule has 0 saturated carbocycles. The largest absolute Gasteiger partial charge is 0.480 e. The van der Waals surface area contributed by atoms with Crippen molar-refractivity contribution in [1.82, 2.24) is 5.32 Å². The van der Waals surface area contributed by atoms with Crippen LogP contribution in [-0.2, 0) is 11.2 Å². The summed E-state index contributed by atoms with van der Waals surface area (Å²) in [5.74, 6) is 0.380. The first kappa shape index (κ1) is 15.6. The molecule has 3 unspecified atom stereocenters. The lowest BCUT2D eigenvalue weighted by molar-refractivity contribution is -0.128. The van der Waals surface area contributed by atoms with Gasteiger partial charge in [0.25, 0.3) is 5.91 Å². The summed E-state index contributed by atoms with van der Waals surface area (Å²) in [6.07, 6.45) is 0.705. The van der Waals surface area contributed by atoms with E-state index in [2.05, 4.69) is 5.32 Å². The number of carbonyl (C=O) groups excluding carboxylic acids is 1. The number of hydrogen-bond acceptors (Lipinski definition) is 4. The number of nitrogens with one attached hydrogen (secondary N) is 1. The van der Waals surface area contributed by atoms with Gasteiger partial charge in [0.2, 0.25) is 0 Å². The Bertz CT molecular complexity index is 686. The van der Waals surface area contributed by atoms with E-state index in [4.69, 9.17) is 9.15 Å². The van der Waals surface area contributed by atoms with Crippen LogP contribution in [0.25, 0.3) is 0 Å². The van der Waals surface area contributed by atoms with Crippen molar-refractivity contribution in [2.75, 3.05) is 0 Å². The molecule has 3 rings (SSSR count). The van der Waals surface area contributed by atoms with Crippen LogP contribution in [0, 0.1) is 5.82 Å². The van der Waals surface area contributed by atoms with Gasteiger partial charge in [-0.05, 0) is 37.3 Å². The molecule has 1 aromatic heterocycles. The summed E-state index contributed by atoms with van der Waals surface area (Å²) < 4.78 is 23.9. The molecule has 1 amide bonds. The van der Waals surface area contributed by atoms with E-state index in [1.165, 1.54) is 24.5 Å². The van der Waals surface area contributed by atoms with Crippen LogP contribution in [0.5, 0.6) is 5.75 Å². The summed E-state index contributed by atoms with van der Waals surface area (Å²) >= 11 is 0. The van der Waals surface area contributed by atoms with Crippen LogP contribution in [0.1, 0.15) is 30.8 Å². The Morgan fingerprint density at radius 3 is 3.04 bits per heavy atom. The molecule has 0 saturated heterocycles. The highest BCUT2D eigenvalue weighted by Crippen LogP contribution is 2.29. The predicted molar refractivity (Wildman–Crippen MR) is 80.4 cm³/mol. The van der Waals surface area contributed by atoms with Crippen LogP contribution in [0.3, 0.4) is 0 Å². The van der Waals surface area contributed by atoms with Crippen molar-refractivity contribution in [1.29, 1.82) is 0 Å². The van der Waals surface area contributed by atoms with Gasteiger partial charge in [-0.15, -0.1) is 0 Å². The number of amides is 1. The average molecular weight is 319 g/mol. The fourth-order valence-corrected chi connectivity index (χ4v) is 2.69. The Labute approximate surface area is 133 Å². The topological polar surface area (TPSA) is 71.7 Å². The van der Waals surface area contributed by atoms with E-state index in [-0.39, 0.29) is 17.8 Å². The minimum Gasteiger partial charge on any atom is -0.480 e. The van der Waals surface area contributed by atoms with Gasteiger partial charge >= 0.3 is 0 Å². The second kappa shape index (κ2) is 6.42. The van der Waals surface area contributed by atoms with Gasteiger partial charge in [-0.3, -0.25) is 4.79 Å². The molecule has 0 fully saturated rings. The van der Waals surface area contributed by atoms with Crippen LogP contribution >= 0.6 is 0 Å². The van der Waals surface area contributed by atoms with Gasteiger partial charge in [0.1, 0.15) is 23.4 Å². The van der Waals surface area contributed by atoms with Crippen LogP contribution in [0.2, 0.25) is 0 Å². The van der Waals surface area contributed by atoms with E-state index < -0.39 is 12.2 Å². The van der Waals surface area contributed by atoms with E-state index in [1.807, 2.05) is 0 Å². The lowest BCUT2D eigenvalue weighted by Gasteiger charge is -2.19. The molecule has 0 bridgehead atoms. The molecular formula is C17H18FNO4. The fraction of sp³-hybridized carbons (Fsp3) is 0.353. The first-order valence-electron chi connectivity index (χ1n) is 7.50. The van der Waals surface area contributed by atoms with Crippen molar-refractivity contribution in [3.05, 3.63) is 53.7 Å². The third kappa shape index (κ3) is 3.53. The van der Waals surface area contributed by atoms with E-state index >= 15 is 0 Å². The predicted octanol–water partition coefficient (Wildman–Crippen LogP) is 2.35. The summed E-state index contributed by atoms with van der Waals surface area (Å²) in [6, 6.07) is 7.34. The number of furan rings is 1. The van der Waals surface area contributed by atoms with Crippen LogP contribution < -0.4 is 10.1 Å². The highest BCUT2D eigenvalue weighted by molar-refractivity contribution is 5.82. The number of rotatable bonds is 5. The average Bonchev–Trinajstić information content (AvgIpc) is 3.15. The highest BCUT2D eigenvalue weighted by atomic mass is 19.1. The van der Waals surface area contributed by atoms with Crippen LogP contribution in [0.15, 0.2) is 41.0 Å². The zero-order valence-electron chi connectivity index (χ0n) is 12.7. The first-order valence-corrected chi connectivity index (χ1v) is 7.50. The summed E-state index contributed by atoms with van der Waals surface area (Å²) in [5, 5.41) is 12.8. The van der Waals surface area contributed by atoms with Gasteiger partial charge < -0.3 is 19.6 Å². The summed E-state index contributed by atoms with van der Waals surface area (Å²) in [5.41, 5.74) is 0.688. The van der Waals surface area contributed by atoms with E-state index in [1.54, 1.807) is 19.1 Å². The lowest BCUT2D eigenvalue weighted by Crippen LogP contribution is -2.42. The molecule has 1 aromatic carbocycles. The molecule has 2 heterocycles. The first-order chi connectivity index (χ1) is 11.0. The highest BCUT2D eigenvalue weighted by Gasteiger charge is 2.30. The number of ether oxygens (including phenoxy) is 1. The maximum atomic E-state index is 13.2. The number of benzene rings is 1. The Kier molecular flexibility index (Phi) is 4.34. The number of fused-ring (bicyclic) bond motifs is 1. The zero-order chi connectivity index (χ0) is 16.4. The van der Waals surface area contributed by atoms with Gasteiger partial charge in [-0.25, -0.2) is 4.39 Å². The molecule has 5 nitrogen and oxygen atoms in total. The number of halogens is 1. The number of carbonyl (C=O) groups is 1. The second-order valence-corrected chi connectivity index (χ2v) is 5.74. The summed E-state index contributed by atoms with van der Waals surface area (Å²) in [7, 11) is 0. The molecule has 0 radical (unpaired) electrons. The Balaban J connectivity index is 1.54. The van der Waals surface area contributed by atoms with E-state index in [0.717, 1.165) is 0 Å². The van der Waals surface area contributed by atoms with Crippen molar-refractivity contribution in [2.45, 2.75) is 38.0 Å². The Morgan fingerprint density at radius 2 is 2.30 bits per heavy atom. The lowest BCUT2D eigenvalue weighted by atomic mass is 10.1. The molecule has 3 atom stereocenters. The third-order valence-corrected chi connectivity index (χ3v) is 3.83. The quantitative estimate of drug-likeness (QED) is 0.887. The van der Waals surface area contributed by atoms with E-state index in [0.29, 0.717) is 29.9 Å². The van der Waals surface area contributed by atoms with Gasteiger partial charge in [0, 0.05) is 24.4 Å². The molecule has 6 heteroatoms. The fourth-order valence-electron chi connectivity index (χ4n) is 2.69. The summed E-state index contributed by atoms with van der Waals surface area (Å²) in [4.78, 5) is 12.2. The Morgan fingerprint density at radius 1 is 1.48 bits per heavy atom. The third-order valence-electron chi connectivity index (χ3n) is 3.83. The second-order valence-electron chi connectivity index (χ2n) is 5.74. The van der Waals surface area contributed by atoms with Crippen molar-refractivity contribution in [3.63, 3.8) is 0 Å². The molecule has 1 aliphatic heterocycles. The monoisotopic (exact) mass is 319 g/mol. The summed E-state index contributed by atoms with van der Waals surface area (Å²) in [6.45, 7) is 1.80. The maximum absolute atomic E-state index is 13.2. The smallest absolute Gasteiger partial charge is 0.261 e. The molecule has 122 valence electrons. The van der Waals surface area contributed by atoms with Crippen LogP contribution in [-0.4, -0.2) is 23.2 Å². The number of hydrogen-bond donors (Lipinski definition) is 2. The van der Waals surface area contributed by atoms with E-state index in [9.17, 15) is 14.3 Å². The molecule has 0 spiro atoms. The van der Waals surface area contributed by atoms with Gasteiger partial charge in [-0.1, -0.05) is 0 Å². The molecule has 0 aliphatic carbocycles. The molecular weight excluding hydrogens is 301 g/mol. The SMILES string of the molecule is CC(CC(O)c1ccco1)NC(=O)C1Cc2cc(F)ccc2O1. The minimum absolute atomic E-state index is 0.258. The minimum atomic E-state index is -0.781. The van der Waals surface area contributed by atoms with Gasteiger partial charge in [0.05, 0.1) is 6.26 Å². The van der Waals surface area contributed by atoms with Gasteiger partial charge in [0.15, 0.2) is 6.10 Å². The van der Waals surface area contributed by atoms with Crippen molar-refractivity contribution < 1.29 is 23.4 Å². The molecule has 23 heavy (non-hydrogen) atoms. The number of aliphatic hydroxyl groups excluding tert-OH is 1. The number of aliphatic hydroxyl groups is 1. The van der Waals surface area contributed by atoms with Crippen molar-refractivity contribution in [2.24, 2.45) is 0 Å². The molecule has 2 aromatic rings. The Hall–Kier alpha value is -2.34. The van der Waals surface area contributed by atoms with Crippen molar-refractivity contribution >= 4 is 5.91 Å². The maximum Gasteiger partial charge on any atom is 0.261 e.